The molecule has 6 nitrogen and oxygen atoms in total. The Kier molecular flexibility index (Phi) is 4.20. The van der Waals surface area contributed by atoms with Crippen LogP contribution in [-0.2, 0) is 13.6 Å². The summed E-state index contributed by atoms with van der Waals surface area (Å²) in [5, 5.41) is 4.25. The highest BCUT2D eigenvalue weighted by Gasteiger charge is 2.41. The number of amides is 1. The van der Waals surface area contributed by atoms with Gasteiger partial charge in [-0.1, -0.05) is 18.2 Å². The molecule has 2 aromatic heterocycles. The number of aryl methyl sites for hydroxylation is 1. The van der Waals surface area contributed by atoms with Gasteiger partial charge in [-0.05, 0) is 29.7 Å². The van der Waals surface area contributed by atoms with Gasteiger partial charge in [-0.25, -0.2) is 0 Å². The van der Waals surface area contributed by atoms with Crippen molar-refractivity contribution in [2.45, 2.75) is 12.5 Å². The second-order valence-electron chi connectivity index (χ2n) is 7.79. The molecule has 4 heterocycles. The van der Waals surface area contributed by atoms with E-state index in [0.29, 0.717) is 17.4 Å². The maximum atomic E-state index is 13.1. The minimum Gasteiger partial charge on any atom is -0.307 e. The van der Waals surface area contributed by atoms with E-state index in [9.17, 15) is 4.79 Å². The Bertz CT molecular complexity index is 993. The van der Waals surface area contributed by atoms with E-state index in [1.807, 2.05) is 28.9 Å². The third kappa shape index (κ3) is 2.99. The zero-order valence-electron chi connectivity index (χ0n) is 15.9. The summed E-state index contributed by atoms with van der Waals surface area (Å²) < 4.78 is 1.85. The fourth-order valence-electron chi connectivity index (χ4n) is 4.49. The van der Waals surface area contributed by atoms with Crippen molar-refractivity contribution < 1.29 is 4.79 Å². The summed E-state index contributed by atoms with van der Waals surface area (Å²) in [6.45, 7) is 3.82. The molecule has 1 fully saturated rings. The van der Waals surface area contributed by atoms with Crippen LogP contribution in [0.15, 0.2) is 61.2 Å². The summed E-state index contributed by atoms with van der Waals surface area (Å²) in [7, 11) is 1.95. The molecule has 1 amide bonds. The van der Waals surface area contributed by atoms with Crippen LogP contribution in [0.2, 0.25) is 0 Å². The van der Waals surface area contributed by atoms with E-state index in [2.05, 4.69) is 39.4 Å². The minimum absolute atomic E-state index is 0.0592. The summed E-state index contributed by atoms with van der Waals surface area (Å²) in [5.74, 6) is 1.03. The standard InChI is InChI=1S/C22H23N5O/c1-25-11-16(10-24-25)12-26-13-18(14-26)20-15-27(21-5-3-2-4-19(20)21)22(28)17-6-8-23-9-7-17/h2-11,18,20H,12-15H2,1H3. The highest BCUT2D eigenvalue weighted by molar-refractivity contribution is 6.07. The smallest absolute Gasteiger partial charge is 0.258 e. The van der Waals surface area contributed by atoms with Crippen LogP contribution in [0.25, 0.3) is 0 Å². The Morgan fingerprint density at radius 1 is 1.11 bits per heavy atom. The van der Waals surface area contributed by atoms with E-state index < -0.39 is 0 Å². The number of para-hydroxylation sites is 1. The van der Waals surface area contributed by atoms with Gasteiger partial charge in [0, 0.05) is 74.5 Å². The van der Waals surface area contributed by atoms with Gasteiger partial charge in [-0.3, -0.25) is 19.4 Å². The molecule has 142 valence electrons. The summed E-state index contributed by atoms with van der Waals surface area (Å²) in [6.07, 6.45) is 7.37. The molecule has 1 aromatic carbocycles. The topological polar surface area (TPSA) is 54.3 Å². The van der Waals surface area contributed by atoms with Crippen molar-refractivity contribution in [3.05, 3.63) is 77.9 Å². The number of carbonyl (C=O) groups is 1. The Morgan fingerprint density at radius 2 is 1.89 bits per heavy atom. The fourth-order valence-corrected chi connectivity index (χ4v) is 4.49. The third-order valence-corrected chi connectivity index (χ3v) is 5.90. The number of carbonyl (C=O) groups excluding carboxylic acids is 1. The molecular weight excluding hydrogens is 350 g/mol. The molecule has 0 bridgehead atoms. The highest BCUT2D eigenvalue weighted by Crippen LogP contribution is 2.43. The monoisotopic (exact) mass is 373 g/mol. The van der Waals surface area contributed by atoms with Gasteiger partial charge in [0.1, 0.15) is 0 Å². The van der Waals surface area contributed by atoms with Crippen molar-refractivity contribution in [3.8, 4) is 0 Å². The van der Waals surface area contributed by atoms with Crippen LogP contribution in [-0.4, -0.2) is 45.2 Å². The van der Waals surface area contributed by atoms with Crippen LogP contribution >= 0.6 is 0 Å². The van der Waals surface area contributed by atoms with E-state index in [0.717, 1.165) is 31.9 Å². The average Bonchev–Trinajstić information content (AvgIpc) is 3.28. The first-order valence-corrected chi connectivity index (χ1v) is 9.70. The zero-order chi connectivity index (χ0) is 19.1. The van der Waals surface area contributed by atoms with Crippen molar-refractivity contribution in [3.63, 3.8) is 0 Å². The average molecular weight is 373 g/mol. The predicted molar refractivity (Wildman–Crippen MR) is 107 cm³/mol. The Hall–Kier alpha value is -2.99. The molecule has 2 aliphatic rings. The van der Waals surface area contributed by atoms with Crippen LogP contribution in [0.1, 0.15) is 27.4 Å². The molecule has 0 spiro atoms. The molecule has 3 aromatic rings. The molecule has 0 saturated carbocycles. The number of hydrogen-bond acceptors (Lipinski definition) is 4. The van der Waals surface area contributed by atoms with Crippen molar-refractivity contribution in [2.24, 2.45) is 13.0 Å². The van der Waals surface area contributed by atoms with Crippen molar-refractivity contribution in [1.82, 2.24) is 19.7 Å². The molecule has 28 heavy (non-hydrogen) atoms. The number of anilines is 1. The molecule has 2 aliphatic heterocycles. The number of hydrogen-bond donors (Lipinski definition) is 0. The number of benzene rings is 1. The van der Waals surface area contributed by atoms with Gasteiger partial charge >= 0.3 is 0 Å². The summed E-state index contributed by atoms with van der Waals surface area (Å²) in [5.41, 5.74) is 4.30. The molecule has 6 heteroatoms. The highest BCUT2D eigenvalue weighted by atomic mass is 16.2. The number of fused-ring (bicyclic) bond motifs is 1. The largest absolute Gasteiger partial charge is 0.307 e. The number of likely N-dealkylation sites (tertiary alicyclic amines) is 1. The van der Waals surface area contributed by atoms with E-state index in [1.54, 1.807) is 24.5 Å². The predicted octanol–water partition coefficient (Wildman–Crippen LogP) is 2.69. The van der Waals surface area contributed by atoms with Crippen molar-refractivity contribution >= 4 is 11.6 Å². The second-order valence-corrected chi connectivity index (χ2v) is 7.79. The molecule has 1 saturated heterocycles. The van der Waals surface area contributed by atoms with Gasteiger partial charge in [0.15, 0.2) is 0 Å². The van der Waals surface area contributed by atoms with E-state index in [-0.39, 0.29) is 5.91 Å². The van der Waals surface area contributed by atoms with Gasteiger partial charge in [0.2, 0.25) is 0 Å². The van der Waals surface area contributed by atoms with Crippen LogP contribution in [0.3, 0.4) is 0 Å². The lowest BCUT2D eigenvalue weighted by molar-refractivity contribution is 0.0751. The first-order valence-electron chi connectivity index (χ1n) is 9.70. The van der Waals surface area contributed by atoms with Crippen LogP contribution < -0.4 is 4.90 Å². The second kappa shape index (κ2) is 6.87. The minimum atomic E-state index is 0.0592. The summed E-state index contributed by atoms with van der Waals surface area (Å²) in [6, 6.07) is 11.9. The molecule has 0 radical (unpaired) electrons. The fraction of sp³-hybridized carbons (Fsp3) is 0.318. The first kappa shape index (κ1) is 17.1. The van der Waals surface area contributed by atoms with Crippen LogP contribution in [0.4, 0.5) is 5.69 Å². The maximum absolute atomic E-state index is 13.1. The molecule has 0 aliphatic carbocycles. The number of pyridine rings is 1. The number of nitrogens with zero attached hydrogens (tertiary/aromatic N) is 5. The van der Waals surface area contributed by atoms with Crippen LogP contribution in [0.5, 0.6) is 0 Å². The lowest BCUT2D eigenvalue weighted by Gasteiger charge is -2.42. The zero-order valence-corrected chi connectivity index (χ0v) is 15.9. The molecule has 5 rings (SSSR count). The third-order valence-electron chi connectivity index (χ3n) is 5.90. The van der Waals surface area contributed by atoms with Gasteiger partial charge in [-0.15, -0.1) is 0 Å². The van der Waals surface area contributed by atoms with Gasteiger partial charge in [0.05, 0.1) is 6.20 Å². The summed E-state index contributed by atoms with van der Waals surface area (Å²) >= 11 is 0. The quantitative estimate of drug-likeness (QED) is 0.706. The molecule has 1 unspecified atom stereocenters. The molecule has 1 atom stereocenters. The van der Waals surface area contributed by atoms with Crippen molar-refractivity contribution in [2.75, 3.05) is 24.5 Å². The van der Waals surface area contributed by atoms with Gasteiger partial charge in [-0.2, -0.15) is 5.10 Å². The van der Waals surface area contributed by atoms with Crippen LogP contribution in [0, 0.1) is 5.92 Å². The summed E-state index contributed by atoms with van der Waals surface area (Å²) in [4.78, 5) is 21.5. The molecule has 0 N–H and O–H groups in total. The van der Waals surface area contributed by atoms with E-state index >= 15 is 0 Å². The first-order chi connectivity index (χ1) is 13.7. The van der Waals surface area contributed by atoms with E-state index in [4.69, 9.17) is 0 Å². The lowest BCUT2D eigenvalue weighted by atomic mass is 9.82. The van der Waals surface area contributed by atoms with Gasteiger partial charge in [0.25, 0.3) is 5.91 Å². The Morgan fingerprint density at radius 3 is 2.64 bits per heavy atom. The van der Waals surface area contributed by atoms with Crippen molar-refractivity contribution in [1.29, 1.82) is 0 Å². The van der Waals surface area contributed by atoms with Gasteiger partial charge < -0.3 is 4.90 Å². The lowest BCUT2D eigenvalue weighted by Crippen LogP contribution is -2.49. The Balaban J connectivity index is 1.31. The Labute approximate surface area is 164 Å². The van der Waals surface area contributed by atoms with E-state index in [1.165, 1.54) is 11.1 Å². The number of aromatic nitrogens is 3. The number of rotatable bonds is 4. The normalized spacial score (nSPS) is 19.5. The SMILES string of the molecule is Cn1cc(CN2CC(C3CN(C(=O)c4ccncc4)c4ccccc43)C2)cn1. The molecular formula is C22H23N5O. The maximum Gasteiger partial charge on any atom is 0.258 e.